The van der Waals surface area contributed by atoms with Crippen molar-refractivity contribution in [3.8, 4) is 0 Å². The number of benzene rings is 3. The molecular formula is C24H22ClN3O3S. The third-order valence-corrected chi connectivity index (χ3v) is 6.98. The van der Waals surface area contributed by atoms with Gasteiger partial charge >= 0.3 is 0 Å². The van der Waals surface area contributed by atoms with Crippen molar-refractivity contribution in [3.63, 3.8) is 0 Å². The first-order valence-electron chi connectivity index (χ1n) is 10.0. The minimum atomic E-state index is -3.70. The van der Waals surface area contributed by atoms with E-state index in [1.54, 1.807) is 66.5 Å². The summed E-state index contributed by atoms with van der Waals surface area (Å²) in [6.45, 7) is 0.316. The number of rotatable bonds is 7. The molecule has 0 atom stereocenters. The molecule has 0 spiro atoms. The smallest absolute Gasteiger partial charge is 0.244 e. The maximum Gasteiger partial charge on any atom is 0.244 e. The third kappa shape index (κ3) is 4.84. The Balaban J connectivity index is 1.60. The van der Waals surface area contributed by atoms with Gasteiger partial charge in [-0.15, -0.1) is 0 Å². The van der Waals surface area contributed by atoms with Crippen LogP contribution >= 0.6 is 11.6 Å². The number of halogens is 1. The Morgan fingerprint density at radius 1 is 0.969 bits per heavy atom. The van der Waals surface area contributed by atoms with E-state index in [-0.39, 0.29) is 23.2 Å². The minimum absolute atomic E-state index is 0.0118. The van der Waals surface area contributed by atoms with E-state index in [4.69, 9.17) is 11.6 Å². The number of likely N-dealkylation sites (N-methyl/N-ethyl adjacent to an activating group) is 1. The van der Waals surface area contributed by atoms with Gasteiger partial charge in [0, 0.05) is 24.0 Å². The van der Waals surface area contributed by atoms with Gasteiger partial charge < -0.3 is 4.90 Å². The third-order valence-electron chi connectivity index (χ3n) is 5.14. The zero-order chi connectivity index (χ0) is 22.7. The summed E-state index contributed by atoms with van der Waals surface area (Å²) >= 11 is 6.03. The molecule has 0 aliphatic heterocycles. The zero-order valence-corrected chi connectivity index (χ0v) is 19.1. The normalized spacial score (nSPS) is 11.6. The molecule has 0 bridgehead atoms. The highest BCUT2D eigenvalue weighted by Gasteiger charge is 2.24. The number of hydrogen-bond donors (Lipinski definition) is 0. The summed E-state index contributed by atoms with van der Waals surface area (Å²) in [5.74, 6) is -0.345. The lowest BCUT2D eigenvalue weighted by atomic mass is 10.2. The quantitative estimate of drug-likeness (QED) is 0.405. The lowest BCUT2D eigenvalue weighted by molar-refractivity contribution is -0.131. The molecule has 1 aromatic heterocycles. The minimum Gasteiger partial charge on any atom is -0.340 e. The number of hydrogen-bond acceptors (Lipinski definition) is 4. The summed E-state index contributed by atoms with van der Waals surface area (Å²) < 4.78 is 27.7. The van der Waals surface area contributed by atoms with Crippen LogP contribution in [0.15, 0.2) is 83.9 Å². The zero-order valence-electron chi connectivity index (χ0n) is 17.5. The summed E-state index contributed by atoms with van der Waals surface area (Å²) in [6, 6.07) is 23.4. The number of sulfone groups is 1. The highest BCUT2D eigenvalue weighted by atomic mass is 35.5. The van der Waals surface area contributed by atoms with Crippen LogP contribution in [-0.4, -0.2) is 36.1 Å². The highest BCUT2D eigenvalue weighted by molar-refractivity contribution is 7.90. The molecule has 0 aliphatic rings. The van der Waals surface area contributed by atoms with E-state index in [1.165, 1.54) is 4.68 Å². The van der Waals surface area contributed by atoms with Crippen molar-refractivity contribution in [2.75, 3.05) is 7.05 Å². The average molecular weight is 468 g/mol. The van der Waals surface area contributed by atoms with E-state index in [2.05, 4.69) is 5.10 Å². The molecule has 0 radical (unpaired) electrons. The fourth-order valence-electron chi connectivity index (χ4n) is 3.56. The van der Waals surface area contributed by atoms with Gasteiger partial charge in [0.2, 0.25) is 15.7 Å². The molecule has 1 heterocycles. The molecule has 0 unspecified atom stereocenters. The summed E-state index contributed by atoms with van der Waals surface area (Å²) in [6.07, 6.45) is 0. The van der Waals surface area contributed by atoms with E-state index in [1.807, 2.05) is 24.3 Å². The molecule has 4 rings (SSSR count). The lowest BCUT2D eigenvalue weighted by Crippen LogP contribution is -2.30. The van der Waals surface area contributed by atoms with Crippen molar-refractivity contribution in [3.05, 3.63) is 95.0 Å². The fraction of sp³-hybridized carbons (Fsp3) is 0.167. The van der Waals surface area contributed by atoms with Crippen LogP contribution in [0.5, 0.6) is 0 Å². The number of carbonyl (C=O) groups is 1. The molecule has 32 heavy (non-hydrogen) atoms. The molecule has 0 aliphatic carbocycles. The van der Waals surface area contributed by atoms with Gasteiger partial charge in [-0.05, 0) is 35.4 Å². The number of carbonyl (C=O) groups excluding carboxylic acids is 1. The van der Waals surface area contributed by atoms with Gasteiger partial charge in [0.05, 0.1) is 11.3 Å². The monoisotopic (exact) mass is 467 g/mol. The van der Waals surface area contributed by atoms with Crippen molar-refractivity contribution in [1.29, 1.82) is 0 Å². The van der Waals surface area contributed by atoms with Crippen LogP contribution in [0.2, 0.25) is 5.02 Å². The number of aromatic nitrogens is 2. The molecule has 0 N–H and O–H groups in total. The van der Waals surface area contributed by atoms with Gasteiger partial charge in [-0.1, -0.05) is 66.2 Å². The maximum absolute atomic E-state index is 13.1. The molecule has 0 fully saturated rings. The van der Waals surface area contributed by atoms with Crippen LogP contribution in [-0.2, 0) is 33.5 Å². The van der Waals surface area contributed by atoms with Gasteiger partial charge in [0.15, 0.2) is 5.03 Å². The Hall–Kier alpha value is -3.16. The van der Waals surface area contributed by atoms with E-state index in [0.29, 0.717) is 28.0 Å². The predicted molar refractivity (Wildman–Crippen MR) is 125 cm³/mol. The second-order valence-corrected chi connectivity index (χ2v) is 9.95. The van der Waals surface area contributed by atoms with Crippen molar-refractivity contribution in [2.24, 2.45) is 0 Å². The lowest BCUT2D eigenvalue weighted by Gasteiger charge is -2.17. The van der Waals surface area contributed by atoms with Gasteiger partial charge in [-0.2, -0.15) is 5.10 Å². The number of nitrogens with zero attached hydrogens (tertiary/aromatic N) is 3. The van der Waals surface area contributed by atoms with Crippen LogP contribution < -0.4 is 0 Å². The van der Waals surface area contributed by atoms with Crippen molar-refractivity contribution >= 4 is 38.2 Å². The van der Waals surface area contributed by atoms with Crippen LogP contribution in [0.3, 0.4) is 0 Å². The first-order valence-corrected chi connectivity index (χ1v) is 12.1. The Bertz CT molecular complexity index is 1370. The van der Waals surface area contributed by atoms with Crippen LogP contribution in [0, 0.1) is 0 Å². The first kappa shape index (κ1) is 22.0. The molecule has 1 amide bonds. The number of para-hydroxylation sites is 1. The summed E-state index contributed by atoms with van der Waals surface area (Å²) in [4.78, 5) is 14.4. The number of fused-ring (bicyclic) bond motifs is 1. The Labute approximate surface area is 192 Å². The van der Waals surface area contributed by atoms with Gasteiger partial charge in [-0.25, -0.2) is 8.42 Å². The summed E-state index contributed by atoms with van der Waals surface area (Å²) in [7, 11) is -2.00. The molecule has 164 valence electrons. The molecule has 3 aromatic carbocycles. The largest absolute Gasteiger partial charge is 0.340 e. The van der Waals surface area contributed by atoms with Crippen LogP contribution in [0.25, 0.3) is 10.9 Å². The summed E-state index contributed by atoms with van der Waals surface area (Å²) in [5, 5.41) is 5.46. The van der Waals surface area contributed by atoms with E-state index in [0.717, 1.165) is 5.56 Å². The van der Waals surface area contributed by atoms with Crippen LogP contribution in [0.1, 0.15) is 11.1 Å². The standard InChI is InChI=1S/C24H22ClN3O3S/c1-27(15-19-10-7-11-20(25)14-19)23(29)16-28-22-13-6-5-12-21(22)24(26-28)32(30,31)17-18-8-3-2-4-9-18/h2-14H,15-17H2,1H3. The topological polar surface area (TPSA) is 72.3 Å². The van der Waals surface area contributed by atoms with E-state index in [9.17, 15) is 13.2 Å². The van der Waals surface area contributed by atoms with Crippen LogP contribution in [0.4, 0.5) is 0 Å². The second-order valence-electron chi connectivity index (χ2n) is 7.60. The Morgan fingerprint density at radius 2 is 1.66 bits per heavy atom. The Kier molecular flexibility index (Phi) is 6.30. The number of amides is 1. The Morgan fingerprint density at radius 3 is 2.41 bits per heavy atom. The molecule has 0 saturated carbocycles. The first-order chi connectivity index (χ1) is 15.3. The average Bonchev–Trinajstić information content (AvgIpc) is 3.14. The summed E-state index contributed by atoms with van der Waals surface area (Å²) in [5.41, 5.74) is 2.19. The molecular weight excluding hydrogens is 446 g/mol. The molecule has 6 nitrogen and oxygen atoms in total. The molecule has 4 aromatic rings. The van der Waals surface area contributed by atoms with Gasteiger partial charge in [0.25, 0.3) is 0 Å². The predicted octanol–water partition coefficient (Wildman–Crippen LogP) is 4.32. The highest BCUT2D eigenvalue weighted by Crippen LogP contribution is 2.25. The fourth-order valence-corrected chi connectivity index (χ4v) is 5.27. The van der Waals surface area contributed by atoms with Crippen molar-refractivity contribution in [2.45, 2.75) is 23.9 Å². The molecule has 0 saturated heterocycles. The van der Waals surface area contributed by atoms with Gasteiger partial charge in [0.1, 0.15) is 6.54 Å². The van der Waals surface area contributed by atoms with E-state index < -0.39 is 9.84 Å². The van der Waals surface area contributed by atoms with E-state index >= 15 is 0 Å². The SMILES string of the molecule is CN(Cc1cccc(Cl)c1)C(=O)Cn1nc(S(=O)(=O)Cc2ccccc2)c2ccccc21. The van der Waals surface area contributed by atoms with Gasteiger partial charge in [-0.3, -0.25) is 9.48 Å². The van der Waals surface area contributed by atoms with Crippen molar-refractivity contribution in [1.82, 2.24) is 14.7 Å². The maximum atomic E-state index is 13.1. The molecule has 8 heteroatoms. The second kappa shape index (κ2) is 9.14. The van der Waals surface area contributed by atoms with Crippen molar-refractivity contribution < 1.29 is 13.2 Å².